The van der Waals surface area contributed by atoms with Gasteiger partial charge in [-0.25, -0.2) is 4.79 Å². The number of carbonyl (C=O) groups excluding carboxylic acids is 2. The number of hydrogen-bond acceptors (Lipinski definition) is 5. The van der Waals surface area contributed by atoms with E-state index in [1.54, 1.807) is 26.2 Å². The second-order valence-electron chi connectivity index (χ2n) is 7.23. The highest BCUT2D eigenvalue weighted by molar-refractivity contribution is 5.96. The summed E-state index contributed by atoms with van der Waals surface area (Å²) in [5.41, 5.74) is 2.03. The molecule has 0 aliphatic rings. The number of anilines is 1. The third-order valence-electron chi connectivity index (χ3n) is 4.98. The van der Waals surface area contributed by atoms with Crippen LogP contribution < -0.4 is 15.0 Å². The van der Waals surface area contributed by atoms with Crippen molar-refractivity contribution in [1.29, 1.82) is 0 Å². The molecule has 2 aromatic carbocycles. The summed E-state index contributed by atoms with van der Waals surface area (Å²) < 4.78 is 16.3. The Bertz CT molecular complexity index is 1040. The number of esters is 1. The number of para-hydroxylation sites is 3. The van der Waals surface area contributed by atoms with Gasteiger partial charge < -0.3 is 24.1 Å². The topological polar surface area (TPSA) is 82.2 Å². The van der Waals surface area contributed by atoms with Crippen molar-refractivity contribution in [1.82, 2.24) is 0 Å². The number of fused-ring (bicyclic) bond motifs is 1. The molecule has 0 bridgehead atoms. The van der Waals surface area contributed by atoms with E-state index in [1.165, 1.54) is 0 Å². The zero-order chi connectivity index (χ0) is 22.2. The van der Waals surface area contributed by atoms with E-state index < -0.39 is 5.97 Å². The predicted octanol–water partition coefficient (Wildman–Crippen LogP) is 3.05. The molecule has 2 N–H and O–H groups in total. The van der Waals surface area contributed by atoms with Crippen LogP contribution in [0.1, 0.15) is 36.4 Å². The van der Waals surface area contributed by atoms with Crippen molar-refractivity contribution in [2.75, 3.05) is 32.1 Å². The second-order valence-corrected chi connectivity index (χ2v) is 7.23. The van der Waals surface area contributed by atoms with Crippen LogP contribution in [0.5, 0.6) is 5.75 Å². The van der Waals surface area contributed by atoms with Crippen LogP contribution in [0.2, 0.25) is 0 Å². The van der Waals surface area contributed by atoms with Crippen LogP contribution in [0.4, 0.5) is 5.69 Å². The number of methoxy groups -OCH3 is 1. The molecule has 0 spiro atoms. The molecule has 31 heavy (non-hydrogen) atoms. The Labute approximate surface area is 181 Å². The normalized spacial score (nSPS) is 11.8. The minimum atomic E-state index is -0.483. The second kappa shape index (κ2) is 10.6. The van der Waals surface area contributed by atoms with Gasteiger partial charge in [-0.05, 0) is 31.5 Å². The van der Waals surface area contributed by atoms with Crippen molar-refractivity contribution >= 4 is 28.5 Å². The Morgan fingerprint density at radius 1 is 1.06 bits per heavy atom. The lowest BCUT2D eigenvalue weighted by atomic mass is 10.1. The molecule has 1 atom stereocenters. The summed E-state index contributed by atoms with van der Waals surface area (Å²) in [6.45, 7) is 5.57. The largest absolute Gasteiger partial charge is 0.495 e. The van der Waals surface area contributed by atoms with Gasteiger partial charge in [0.25, 0.3) is 5.91 Å². The van der Waals surface area contributed by atoms with Crippen LogP contribution >= 0.6 is 0 Å². The first-order chi connectivity index (χ1) is 15.1. The number of quaternary nitrogens is 1. The number of nitrogens with one attached hydrogen (secondary N) is 2. The first-order valence-corrected chi connectivity index (χ1v) is 10.5. The fraction of sp³-hybridized carbons (Fsp3) is 0.333. The van der Waals surface area contributed by atoms with Gasteiger partial charge in [0.2, 0.25) is 5.76 Å². The molecule has 3 aromatic rings. The first kappa shape index (κ1) is 22.4. The van der Waals surface area contributed by atoms with E-state index >= 15 is 0 Å². The maximum Gasteiger partial charge on any atom is 0.374 e. The summed E-state index contributed by atoms with van der Waals surface area (Å²) in [4.78, 5) is 26.3. The molecule has 7 heteroatoms. The van der Waals surface area contributed by atoms with Crippen molar-refractivity contribution in [2.45, 2.75) is 26.8 Å². The smallest absolute Gasteiger partial charge is 0.374 e. The molecule has 0 aliphatic heterocycles. The average molecular weight is 426 g/mol. The van der Waals surface area contributed by atoms with Crippen molar-refractivity contribution in [3.8, 4) is 5.75 Å². The van der Waals surface area contributed by atoms with Gasteiger partial charge in [0.05, 0.1) is 31.5 Å². The number of rotatable bonds is 10. The zero-order valence-corrected chi connectivity index (χ0v) is 18.2. The lowest BCUT2D eigenvalue weighted by Gasteiger charge is -2.19. The van der Waals surface area contributed by atoms with Crippen molar-refractivity contribution < 1.29 is 28.4 Å². The van der Waals surface area contributed by atoms with Gasteiger partial charge in [-0.15, -0.1) is 0 Å². The highest BCUT2D eigenvalue weighted by atomic mass is 16.5. The molecular formula is C24H29N2O5+. The van der Waals surface area contributed by atoms with Gasteiger partial charge in [-0.3, -0.25) is 4.79 Å². The predicted molar refractivity (Wildman–Crippen MR) is 118 cm³/mol. The molecule has 164 valence electrons. The lowest BCUT2D eigenvalue weighted by Crippen LogP contribution is -3.11. The molecule has 0 aliphatic carbocycles. The Hall–Kier alpha value is -3.32. The number of carbonyl (C=O) groups is 2. The molecule has 0 fully saturated rings. The highest BCUT2D eigenvalue weighted by Crippen LogP contribution is 2.26. The van der Waals surface area contributed by atoms with Gasteiger partial charge in [0, 0.05) is 5.39 Å². The van der Waals surface area contributed by atoms with Crippen LogP contribution in [0, 0.1) is 0 Å². The molecule has 1 aromatic heterocycles. The standard InChI is InChI=1S/C24H28N2O5/c1-4-14-26(16-22(27)25-19-11-7-9-13-21(19)29-3)15-18-17-10-6-8-12-20(17)31-23(18)24(28)30-5-2/h6-13H,4-5,14-16H2,1-3H3,(H,25,27)/p+1. The molecule has 0 saturated carbocycles. The Morgan fingerprint density at radius 3 is 2.55 bits per heavy atom. The fourth-order valence-corrected chi connectivity index (χ4v) is 3.65. The maximum absolute atomic E-state index is 12.8. The van der Waals surface area contributed by atoms with Gasteiger partial charge in [-0.1, -0.05) is 37.3 Å². The van der Waals surface area contributed by atoms with Crippen LogP contribution in [0.25, 0.3) is 11.0 Å². The Balaban J connectivity index is 1.82. The third-order valence-corrected chi connectivity index (χ3v) is 4.98. The van der Waals surface area contributed by atoms with Crippen LogP contribution in [-0.2, 0) is 16.1 Å². The summed E-state index contributed by atoms with van der Waals surface area (Å²) in [5.74, 6) is 0.210. The molecule has 0 saturated heterocycles. The molecule has 3 rings (SSSR count). The van der Waals surface area contributed by atoms with Gasteiger partial charge in [0.1, 0.15) is 17.9 Å². The zero-order valence-electron chi connectivity index (χ0n) is 18.2. The molecule has 1 heterocycles. The SMILES string of the molecule is CCC[NH+](CC(=O)Nc1ccccc1OC)Cc1c(C(=O)OCC)oc2ccccc12. The fourth-order valence-electron chi connectivity index (χ4n) is 3.65. The van der Waals surface area contributed by atoms with Gasteiger partial charge in [0.15, 0.2) is 6.54 Å². The summed E-state index contributed by atoms with van der Waals surface area (Å²) >= 11 is 0. The number of hydrogen-bond donors (Lipinski definition) is 2. The lowest BCUT2D eigenvalue weighted by molar-refractivity contribution is -0.905. The van der Waals surface area contributed by atoms with E-state index in [1.807, 2.05) is 36.4 Å². The summed E-state index contributed by atoms with van der Waals surface area (Å²) in [5, 5.41) is 3.79. The van der Waals surface area contributed by atoms with E-state index in [9.17, 15) is 9.59 Å². The molecule has 7 nitrogen and oxygen atoms in total. The van der Waals surface area contributed by atoms with Gasteiger partial charge >= 0.3 is 5.97 Å². The van der Waals surface area contributed by atoms with E-state index in [0.717, 1.165) is 28.8 Å². The maximum atomic E-state index is 12.8. The summed E-state index contributed by atoms with van der Waals surface area (Å²) in [7, 11) is 1.57. The Kier molecular flexibility index (Phi) is 7.67. The molecular weight excluding hydrogens is 396 g/mol. The van der Waals surface area contributed by atoms with Crippen LogP contribution in [-0.4, -0.2) is 38.7 Å². The number of ether oxygens (including phenoxy) is 2. The molecule has 1 unspecified atom stereocenters. The first-order valence-electron chi connectivity index (χ1n) is 10.5. The average Bonchev–Trinajstić information content (AvgIpc) is 3.13. The van der Waals surface area contributed by atoms with Crippen LogP contribution in [0.15, 0.2) is 52.9 Å². The van der Waals surface area contributed by atoms with Crippen molar-refractivity contribution in [3.63, 3.8) is 0 Å². The van der Waals surface area contributed by atoms with E-state index in [0.29, 0.717) is 23.6 Å². The van der Waals surface area contributed by atoms with E-state index in [-0.39, 0.29) is 24.8 Å². The molecule has 0 radical (unpaired) electrons. The van der Waals surface area contributed by atoms with Gasteiger partial charge in [-0.2, -0.15) is 0 Å². The molecule has 1 amide bonds. The van der Waals surface area contributed by atoms with Crippen molar-refractivity contribution in [2.24, 2.45) is 0 Å². The number of benzene rings is 2. The monoisotopic (exact) mass is 425 g/mol. The summed E-state index contributed by atoms with van der Waals surface area (Å²) in [6, 6.07) is 14.8. The Morgan fingerprint density at radius 2 is 1.81 bits per heavy atom. The minimum absolute atomic E-state index is 0.126. The number of furan rings is 1. The number of amides is 1. The van der Waals surface area contributed by atoms with E-state index in [4.69, 9.17) is 13.9 Å². The third kappa shape index (κ3) is 5.44. The summed E-state index contributed by atoms with van der Waals surface area (Å²) in [6.07, 6.45) is 0.891. The highest BCUT2D eigenvalue weighted by Gasteiger charge is 2.26. The van der Waals surface area contributed by atoms with Crippen LogP contribution in [0.3, 0.4) is 0 Å². The quantitative estimate of drug-likeness (QED) is 0.488. The van der Waals surface area contributed by atoms with Crippen molar-refractivity contribution in [3.05, 3.63) is 59.9 Å². The minimum Gasteiger partial charge on any atom is -0.495 e. The van der Waals surface area contributed by atoms with E-state index in [2.05, 4.69) is 12.2 Å².